The molecule has 6 heteroatoms. The van der Waals surface area contributed by atoms with Crippen molar-refractivity contribution in [1.29, 1.82) is 0 Å². The molecule has 116 valence electrons. The highest BCUT2D eigenvalue weighted by atomic mass is 32.2. The van der Waals surface area contributed by atoms with Gasteiger partial charge in [-0.05, 0) is 31.9 Å². The first-order valence-electron chi connectivity index (χ1n) is 7.10. The number of piperidine rings is 1. The summed E-state index contributed by atoms with van der Waals surface area (Å²) in [7, 11) is 0.0280. The molecule has 1 fully saturated rings. The van der Waals surface area contributed by atoms with Crippen LogP contribution in [0, 0.1) is 12.8 Å². The second kappa shape index (κ2) is 6.15. The Morgan fingerprint density at radius 1 is 1.14 bits per heavy atom. The zero-order valence-electron chi connectivity index (χ0n) is 12.7. The van der Waals surface area contributed by atoms with E-state index in [1.54, 1.807) is 43.3 Å². The Bertz CT molecular complexity index is 600. The Balaban J connectivity index is 2.07. The van der Waals surface area contributed by atoms with Crippen molar-refractivity contribution in [2.24, 2.45) is 5.92 Å². The monoisotopic (exact) mass is 310 g/mol. The van der Waals surface area contributed by atoms with Crippen molar-refractivity contribution in [1.82, 2.24) is 9.21 Å². The van der Waals surface area contributed by atoms with Gasteiger partial charge in [0.2, 0.25) is 15.9 Å². The highest BCUT2D eigenvalue weighted by molar-refractivity contribution is 7.89. The summed E-state index contributed by atoms with van der Waals surface area (Å²) in [6, 6.07) is 6.88. The quantitative estimate of drug-likeness (QED) is 0.850. The highest BCUT2D eigenvalue weighted by Crippen LogP contribution is 2.24. The Hall–Kier alpha value is -1.40. The van der Waals surface area contributed by atoms with E-state index in [1.807, 2.05) is 6.92 Å². The number of carbonyl (C=O) groups excluding carboxylic acids is 1. The summed E-state index contributed by atoms with van der Waals surface area (Å²) in [5.41, 5.74) is 1.03. The predicted molar refractivity (Wildman–Crippen MR) is 81.4 cm³/mol. The number of amides is 1. The predicted octanol–water partition coefficient (Wildman–Crippen LogP) is 1.48. The SMILES string of the molecule is Cc1ccc(S(=O)(=O)N2CCC(C(=O)N(C)C)CC2)cc1. The minimum atomic E-state index is -3.44. The number of sulfonamides is 1. The molecule has 1 amide bonds. The van der Waals surface area contributed by atoms with E-state index in [4.69, 9.17) is 0 Å². The maximum absolute atomic E-state index is 12.5. The molecule has 0 N–H and O–H groups in total. The first-order valence-corrected chi connectivity index (χ1v) is 8.54. The van der Waals surface area contributed by atoms with Gasteiger partial charge < -0.3 is 4.90 Å². The molecule has 0 spiro atoms. The zero-order valence-corrected chi connectivity index (χ0v) is 13.6. The van der Waals surface area contributed by atoms with Crippen LogP contribution in [0.3, 0.4) is 0 Å². The molecule has 0 aromatic heterocycles. The molecule has 21 heavy (non-hydrogen) atoms. The van der Waals surface area contributed by atoms with Crippen LogP contribution >= 0.6 is 0 Å². The van der Waals surface area contributed by atoms with Gasteiger partial charge in [0, 0.05) is 33.1 Å². The van der Waals surface area contributed by atoms with Crippen LogP contribution in [0.2, 0.25) is 0 Å². The van der Waals surface area contributed by atoms with Crippen LogP contribution in [-0.4, -0.2) is 50.7 Å². The second-order valence-corrected chi connectivity index (χ2v) is 7.66. The topological polar surface area (TPSA) is 57.7 Å². The van der Waals surface area contributed by atoms with Gasteiger partial charge in [0.05, 0.1) is 4.90 Å². The van der Waals surface area contributed by atoms with Crippen molar-refractivity contribution in [3.05, 3.63) is 29.8 Å². The summed E-state index contributed by atoms with van der Waals surface area (Å²) in [6.45, 7) is 2.73. The minimum absolute atomic E-state index is 0.0653. The largest absolute Gasteiger partial charge is 0.349 e. The molecule has 1 aromatic carbocycles. The normalized spacial score (nSPS) is 17.7. The lowest BCUT2D eigenvalue weighted by Crippen LogP contribution is -2.42. The number of nitrogens with zero attached hydrogens (tertiary/aromatic N) is 2. The lowest BCUT2D eigenvalue weighted by Gasteiger charge is -2.31. The zero-order chi connectivity index (χ0) is 15.6. The molecular formula is C15H22N2O3S. The van der Waals surface area contributed by atoms with Crippen molar-refractivity contribution in [2.75, 3.05) is 27.2 Å². The first kappa shape index (κ1) is 16.0. The molecule has 0 saturated carbocycles. The summed E-state index contributed by atoms with van der Waals surface area (Å²) < 4.78 is 26.6. The fourth-order valence-corrected chi connectivity index (χ4v) is 4.04. The highest BCUT2D eigenvalue weighted by Gasteiger charge is 2.32. The number of hydrogen-bond donors (Lipinski definition) is 0. The van der Waals surface area contributed by atoms with Gasteiger partial charge in [-0.25, -0.2) is 8.42 Å². The van der Waals surface area contributed by atoms with Crippen molar-refractivity contribution in [3.63, 3.8) is 0 Å². The van der Waals surface area contributed by atoms with Crippen LogP contribution in [0.5, 0.6) is 0 Å². The third kappa shape index (κ3) is 3.44. The molecular weight excluding hydrogens is 288 g/mol. The summed E-state index contributed by atoms with van der Waals surface area (Å²) in [6.07, 6.45) is 1.17. The Kier molecular flexibility index (Phi) is 4.68. The number of hydrogen-bond acceptors (Lipinski definition) is 3. The Labute approximate surface area is 126 Å². The molecule has 1 aliphatic heterocycles. The summed E-state index contributed by atoms with van der Waals surface area (Å²) in [4.78, 5) is 13.8. The fraction of sp³-hybridized carbons (Fsp3) is 0.533. The molecule has 1 heterocycles. The smallest absolute Gasteiger partial charge is 0.243 e. The van der Waals surface area contributed by atoms with Crippen LogP contribution in [0.15, 0.2) is 29.2 Å². The minimum Gasteiger partial charge on any atom is -0.349 e. The Morgan fingerprint density at radius 3 is 2.14 bits per heavy atom. The van der Waals surface area contributed by atoms with Gasteiger partial charge in [0.15, 0.2) is 0 Å². The molecule has 0 unspecified atom stereocenters. The molecule has 2 rings (SSSR count). The fourth-order valence-electron chi connectivity index (χ4n) is 2.57. The van der Waals surface area contributed by atoms with E-state index in [1.165, 1.54) is 4.31 Å². The van der Waals surface area contributed by atoms with Crippen LogP contribution in [0.4, 0.5) is 0 Å². The van der Waals surface area contributed by atoms with Crippen molar-refractivity contribution in [2.45, 2.75) is 24.7 Å². The molecule has 1 aromatic rings. The van der Waals surface area contributed by atoms with E-state index >= 15 is 0 Å². The number of rotatable bonds is 3. The molecule has 1 aliphatic rings. The average Bonchev–Trinajstić information content (AvgIpc) is 2.47. The summed E-state index contributed by atoms with van der Waals surface area (Å²) in [5.74, 6) is 0.0202. The number of aryl methyl sites for hydroxylation is 1. The van der Waals surface area contributed by atoms with Gasteiger partial charge in [0.1, 0.15) is 0 Å². The van der Waals surface area contributed by atoms with Gasteiger partial charge in [-0.15, -0.1) is 0 Å². The lowest BCUT2D eigenvalue weighted by atomic mass is 9.97. The maximum Gasteiger partial charge on any atom is 0.243 e. The maximum atomic E-state index is 12.5. The van der Waals surface area contributed by atoms with Gasteiger partial charge in [-0.2, -0.15) is 4.31 Å². The van der Waals surface area contributed by atoms with E-state index in [0.717, 1.165) is 5.56 Å². The summed E-state index contributed by atoms with van der Waals surface area (Å²) >= 11 is 0. The number of benzene rings is 1. The molecule has 5 nitrogen and oxygen atoms in total. The Morgan fingerprint density at radius 2 is 1.67 bits per heavy atom. The van der Waals surface area contributed by atoms with Crippen molar-refractivity contribution >= 4 is 15.9 Å². The van der Waals surface area contributed by atoms with E-state index < -0.39 is 10.0 Å². The van der Waals surface area contributed by atoms with E-state index in [2.05, 4.69) is 0 Å². The van der Waals surface area contributed by atoms with Gasteiger partial charge in [-0.1, -0.05) is 17.7 Å². The van der Waals surface area contributed by atoms with Crippen LogP contribution in [0.1, 0.15) is 18.4 Å². The average molecular weight is 310 g/mol. The molecule has 0 aliphatic carbocycles. The molecule has 0 bridgehead atoms. The number of carbonyl (C=O) groups is 1. The van der Waals surface area contributed by atoms with Gasteiger partial charge in [-0.3, -0.25) is 4.79 Å². The summed E-state index contributed by atoms with van der Waals surface area (Å²) in [5, 5.41) is 0. The molecule has 0 radical (unpaired) electrons. The van der Waals surface area contributed by atoms with Crippen LogP contribution < -0.4 is 0 Å². The third-order valence-corrected chi connectivity index (χ3v) is 5.82. The van der Waals surface area contributed by atoms with E-state index in [9.17, 15) is 13.2 Å². The van der Waals surface area contributed by atoms with E-state index in [-0.39, 0.29) is 11.8 Å². The standard InChI is InChI=1S/C15H22N2O3S/c1-12-4-6-14(7-5-12)21(19,20)17-10-8-13(9-11-17)15(18)16(2)3/h4-7,13H,8-11H2,1-3H3. The molecule has 1 saturated heterocycles. The molecule has 0 atom stereocenters. The second-order valence-electron chi connectivity index (χ2n) is 5.72. The van der Waals surface area contributed by atoms with Gasteiger partial charge >= 0.3 is 0 Å². The van der Waals surface area contributed by atoms with Crippen LogP contribution in [-0.2, 0) is 14.8 Å². The van der Waals surface area contributed by atoms with Crippen LogP contribution in [0.25, 0.3) is 0 Å². The van der Waals surface area contributed by atoms with Crippen molar-refractivity contribution in [3.8, 4) is 0 Å². The van der Waals surface area contributed by atoms with E-state index in [0.29, 0.717) is 30.8 Å². The van der Waals surface area contributed by atoms with Gasteiger partial charge in [0.25, 0.3) is 0 Å². The van der Waals surface area contributed by atoms with Crippen molar-refractivity contribution < 1.29 is 13.2 Å². The lowest BCUT2D eigenvalue weighted by molar-refractivity contribution is -0.134. The third-order valence-electron chi connectivity index (χ3n) is 3.90. The first-order chi connectivity index (χ1) is 9.82.